The lowest BCUT2D eigenvalue weighted by atomic mass is 10.3. The molecular formula is C13H11F3N2O2. The van der Waals surface area contributed by atoms with Crippen LogP contribution in [0, 0.1) is 12.7 Å². The van der Waals surface area contributed by atoms with E-state index in [4.69, 9.17) is 0 Å². The highest BCUT2D eigenvalue weighted by Crippen LogP contribution is 2.29. The largest absolute Gasteiger partial charge is 0.460 e. The van der Waals surface area contributed by atoms with E-state index in [-0.39, 0.29) is 11.4 Å². The van der Waals surface area contributed by atoms with Crippen molar-refractivity contribution in [3.63, 3.8) is 0 Å². The monoisotopic (exact) mass is 284 g/mol. The molecular weight excluding hydrogens is 273 g/mol. The minimum absolute atomic E-state index is 0.144. The number of alkyl halides is 2. The van der Waals surface area contributed by atoms with Gasteiger partial charge in [0.25, 0.3) is 5.56 Å². The molecule has 7 heteroatoms. The van der Waals surface area contributed by atoms with Crippen LogP contribution in [-0.4, -0.2) is 9.55 Å². The topological polar surface area (TPSA) is 44.1 Å². The maximum absolute atomic E-state index is 14.0. The van der Waals surface area contributed by atoms with E-state index >= 15 is 0 Å². The summed E-state index contributed by atoms with van der Waals surface area (Å²) in [4.78, 5) is 15.1. The molecule has 0 fully saturated rings. The average Bonchev–Trinajstić information content (AvgIpc) is 2.33. The predicted molar refractivity (Wildman–Crippen MR) is 65.1 cm³/mol. The van der Waals surface area contributed by atoms with Crippen LogP contribution in [0.3, 0.4) is 0 Å². The number of rotatable bonds is 3. The quantitative estimate of drug-likeness (QED) is 0.869. The maximum atomic E-state index is 14.0. The minimum Gasteiger partial charge on any atom is -0.426 e. The van der Waals surface area contributed by atoms with Crippen LogP contribution in [0.1, 0.15) is 11.5 Å². The fraction of sp³-hybridized carbons (Fsp3) is 0.231. The summed E-state index contributed by atoms with van der Waals surface area (Å²) in [5.41, 5.74) is -0.486. The third kappa shape index (κ3) is 2.81. The van der Waals surface area contributed by atoms with Crippen LogP contribution in [0.2, 0.25) is 0 Å². The predicted octanol–water partition coefficient (Wildman–Crippen LogP) is 2.36. The molecule has 0 spiro atoms. The molecule has 0 unspecified atom stereocenters. The Labute approximate surface area is 112 Å². The van der Waals surface area contributed by atoms with E-state index in [0.717, 1.165) is 25.2 Å². The van der Waals surface area contributed by atoms with Gasteiger partial charge in [-0.2, -0.15) is 8.78 Å². The van der Waals surface area contributed by atoms with Crippen LogP contribution in [0.15, 0.2) is 35.1 Å². The molecule has 0 saturated heterocycles. The van der Waals surface area contributed by atoms with E-state index in [1.807, 2.05) is 0 Å². The first-order valence-corrected chi connectivity index (χ1v) is 5.67. The second kappa shape index (κ2) is 4.99. The molecule has 106 valence electrons. The van der Waals surface area contributed by atoms with Gasteiger partial charge in [0.05, 0.1) is 0 Å². The van der Waals surface area contributed by atoms with Crippen LogP contribution in [0.4, 0.5) is 13.2 Å². The van der Waals surface area contributed by atoms with Crippen LogP contribution in [0.25, 0.3) is 0 Å². The number of nitrogens with zero attached hydrogens (tertiary/aromatic N) is 2. The molecule has 0 atom stereocenters. The molecule has 4 nitrogen and oxygen atoms in total. The highest BCUT2D eigenvalue weighted by atomic mass is 19.3. The van der Waals surface area contributed by atoms with Crippen LogP contribution < -0.4 is 10.3 Å². The fourth-order valence-electron chi connectivity index (χ4n) is 1.64. The first kappa shape index (κ1) is 14.1. The third-order valence-electron chi connectivity index (χ3n) is 2.57. The summed E-state index contributed by atoms with van der Waals surface area (Å²) in [5.74, 6) is -1.90. The molecule has 0 saturated carbocycles. The van der Waals surface area contributed by atoms with Crippen molar-refractivity contribution >= 4 is 0 Å². The summed E-state index contributed by atoms with van der Waals surface area (Å²) >= 11 is 0. The molecule has 20 heavy (non-hydrogen) atoms. The van der Waals surface area contributed by atoms with Crippen molar-refractivity contribution in [2.75, 3.05) is 0 Å². The molecule has 0 amide bonds. The summed E-state index contributed by atoms with van der Waals surface area (Å²) in [6, 6.07) is 5.48. The number of aromatic nitrogens is 2. The van der Waals surface area contributed by atoms with E-state index in [2.05, 4.69) is 9.72 Å². The van der Waals surface area contributed by atoms with E-state index in [0.29, 0.717) is 4.57 Å². The van der Waals surface area contributed by atoms with Gasteiger partial charge in [-0.15, -0.1) is 0 Å². The van der Waals surface area contributed by atoms with Gasteiger partial charge in [0.15, 0.2) is 0 Å². The summed E-state index contributed by atoms with van der Waals surface area (Å²) in [7, 11) is 1.16. The smallest absolute Gasteiger partial charge is 0.426 e. The highest BCUT2D eigenvalue weighted by molar-refractivity contribution is 5.23. The molecule has 2 aromatic rings. The number of benzene rings is 1. The van der Waals surface area contributed by atoms with E-state index in [1.165, 1.54) is 19.1 Å². The molecule has 1 heterocycles. The van der Waals surface area contributed by atoms with E-state index in [9.17, 15) is 18.0 Å². The number of aryl methyl sites for hydroxylation is 1. The number of hydrogen-bond donors (Lipinski definition) is 0. The average molecular weight is 284 g/mol. The normalized spacial score (nSPS) is 11.4. The van der Waals surface area contributed by atoms with Crippen LogP contribution in [0.5, 0.6) is 5.75 Å². The Hall–Kier alpha value is -2.31. The SMILES string of the molecule is Cc1cc(=O)n(C)c(C(F)(F)Oc2cccc(F)c2)n1. The van der Waals surface area contributed by atoms with Gasteiger partial charge in [-0.25, -0.2) is 9.37 Å². The van der Waals surface area contributed by atoms with Gasteiger partial charge in [0.2, 0.25) is 5.82 Å². The molecule has 1 aromatic heterocycles. The van der Waals surface area contributed by atoms with Crippen LogP contribution >= 0.6 is 0 Å². The Kier molecular flexibility index (Phi) is 3.52. The van der Waals surface area contributed by atoms with E-state index in [1.54, 1.807) is 0 Å². The lowest BCUT2D eigenvalue weighted by molar-refractivity contribution is -0.194. The zero-order valence-corrected chi connectivity index (χ0v) is 10.7. The lowest BCUT2D eigenvalue weighted by Crippen LogP contribution is -2.33. The molecule has 0 radical (unpaired) electrons. The molecule has 0 aliphatic rings. The molecule has 0 aliphatic heterocycles. The molecule has 0 N–H and O–H groups in total. The number of ether oxygens (including phenoxy) is 1. The summed E-state index contributed by atoms with van der Waals surface area (Å²) in [6.45, 7) is 1.42. The van der Waals surface area contributed by atoms with E-state index < -0.39 is 23.3 Å². The first-order chi connectivity index (χ1) is 9.29. The van der Waals surface area contributed by atoms with Crippen molar-refractivity contribution in [3.8, 4) is 5.75 Å². The molecule has 1 aromatic carbocycles. The zero-order chi connectivity index (χ0) is 14.9. The Morgan fingerprint density at radius 1 is 1.30 bits per heavy atom. The third-order valence-corrected chi connectivity index (χ3v) is 2.57. The second-order valence-corrected chi connectivity index (χ2v) is 4.19. The lowest BCUT2D eigenvalue weighted by Gasteiger charge is -2.19. The molecule has 2 rings (SSSR count). The van der Waals surface area contributed by atoms with Crippen molar-refractivity contribution < 1.29 is 17.9 Å². The van der Waals surface area contributed by atoms with Crippen molar-refractivity contribution in [2.45, 2.75) is 13.0 Å². The van der Waals surface area contributed by atoms with Gasteiger partial charge in [-0.05, 0) is 19.1 Å². The summed E-state index contributed by atoms with van der Waals surface area (Å²) < 4.78 is 46.2. The zero-order valence-electron chi connectivity index (χ0n) is 10.7. The first-order valence-electron chi connectivity index (χ1n) is 5.67. The highest BCUT2D eigenvalue weighted by Gasteiger charge is 2.39. The Bertz CT molecular complexity index is 698. The Balaban J connectivity index is 2.42. The van der Waals surface area contributed by atoms with Gasteiger partial charge in [0, 0.05) is 24.9 Å². The van der Waals surface area contributed by atoms with Gasteiger partial charge >= 0.3 is 6.11 Å². The van der Waals surface area contributed by atoms with Crippen LogP contribution in [-0.2, 0) is 13.2 Å². The standard InChI is InChI=1S/C13H11F3N2O2/c1-8-6-11(19)18(2)12(17-8)13(15,16)20-10-5-3-4-9(14)7-10/h3-7H,1-2H3. The minimum atomic E-state index is -3.85. The maximum Gasteiger partial charge on any atom is 0.460 e. The second-order valence-electron chi connectivity index (χ2n) is 4.19. The fourth-order valence-corrected chi connectivity index (χ4v) is 1.64. The number of hydrogen-bond acceptors (Lipinski definition) is 3. The number of halogens is 3. The van der Waals surface area contributed by atoms with Gasteiger partial charge in [0.1, 0.15) is 11.6 Å². The van der Waals surface area contributed by atoms with Crippen molar-refractivity contribution in [1.29, 1.82) is 0 Å². The van der Waals surface area contributed by atoms with Gasteiger partial charge in [-0.1, -0.05) is 6.07 Å². The molecule has 0 bridgehead atoms. The Morgan fingerprint density at radius 2 is 2.00 bits per heavy atom. The van der Waals surface area contributed by atoms with Crippen molar-refractivity contribution in [3.05, 3.63) is 58.0 Å². The summed E-state index contributed by atoms with van der Waals surface area (Å²) in [5, 5.41) is 0. The Morgan fingerprint density at radius 3 is 2.65 bits per heavy atom. The van der Waals surface area contributed by atoms with Gasteiger partial charge < -0.3 is 4.74 Å². The molecule has 0 aliphatic carbocycles. The van der Waals surface area contributed by atoms with Crippen molar-refractivity contribution in [2.24, 2.45) is 7.05 Å². The van der Waals surface area contributed by atoms with Crippen molar-refractivity contribution in [1.82, 2.24) is 9.55 Å². The summed E-state index contributed by atoms with van der Waals surface area (Å²) in [6.07, 6.45) is -3.85. The van der Waals surface area contributed by atoms with Gasteiger partial charge in [-0.3, -0.25) is 9.36 Å².